The van der Waals surface area contributed by atoms with Gasteiger partial charge in [0.25, 0.3) is 5.91 Å². The van der Waals surface area contributed by atoms with E-state index in [-0.39, 0.29) is 25.2 Å². The minimum absolute atomic E-state index is 0.0596. The van der Waals surface area contributed by atoms with Crippen molar-refractivity contribution in [2.45, 2.75) is 25.4 Å². The molecule has 1 aromatic rings. The summed E-state index contributed by atoms with van der Waals surface area (Å²) in [7, 11) is 0. The van der Waals surface area contributed by atoms with Crippen LogP contribution in [0.25, 0.3) is 0 Å². The van der Waals surface area contributed by atoms with Crippen LogP contribution < -0.4 is 9.64 Å². The van der Waals surface area contributed by atoms with Crippen LogP contribution in [0.3, 0.4) is 0 Å². The minimum atomic E-state index is -0.258. The molecule has 3 heterocycles. The topological polar surface area (TPSA) is 88.0 Å². The van der Waals surface area contributed by atoms with Gasteiger partial charge in [-0.2, -0.15) is 4.98 Å². The Bertz CT molecular complexity index is 551. The van der Waals surface area contributed by atoms with E-state index in [2.05, 4.69) is 14.9 Å². The summed E-state index contributed by atoms with van der Waals surface area (Å²) < 4.78 is 10.8. The summed E-state index contributed by atoms with van der Waals surface area (Å²) in [6, 6.07) is 0. The van der Waals surface area contributed by atoms with Gasteiger partial charge in [0.05, 0.1) is 19.0 Å². The predicted octanol–water partition coefficient (Wildman–Crippen LogP) is 0.0654. The van der Waals surface area contributed by atoms with Crippen LogP contribution in [0.5, 0.6) is 5.88 Å². The van der Waals surface area contributed by atoms with Crippen LogP contribution in [0.15, 0.2) is 12.4 Å². The Morgan fingerprint density at radius 3 is 3.00 bits per heavy atom. The maximum atomic E-state index is 12.5. The smallest absolute Gasteiger partial charge is 0.251 e. The summed E-state index contributed by atoms with van der Waals surface area (Å²) in [6.45, 7) is 3.74. The Morgan fingerprint density at radius 2 is 2.21 bits per heavy atom. The van der Waals surface area contributed by atoms with Crippen molar-refractivity contribution in [3.05, 3.63) is 12.4 Å². The maximum absolute atomic E-state index is 12.5. The van der Waals surface area contributed by atoms with E-state index < -0.39 is 0 Å². The molecule has 1 unspecified atom stereocenters. The third-order valence-electron chi connectivity index (χ3n) is 4.28. The average Bonchev–Trinajstić information content (AvgIpc) is 3.04. The number of nitrogens with zero attached hydrogens (tertiary/aromatic N) is 4. The van der Waals surface area contributed by atoms with Gasteiger partial charge in [0.1, 0.15) is 12.7 Å². The molecule has 8 heteroatoms. The molecule has 2 aliphatic rings. The molecule has 0 aromatic carbocycles. The molecule has 2 aliphatic heterocycles. The van der Waals surface area contributed by atoms with Crippen LogP contribution in [0, 0.1) is 0 Å². The molecule has 3 rings (SSSR count). The fraction of sp³-hybridized carbons (Fsp3) is 0.688. The number of carbonyl (C=O) groups excluding carboxylic acids is 1. The number of aliphatic hydroxyl groups excluding tert-OH is 1. The van der Waals surface area contributed by atoms with Crippen molar-refractivity contribution in [3.8, 4) is 5.88 Å². The Balaban J connectivity index is 1.59. The molecule has 1 amide bonds. The van der Waals surface area contributed by atoms with E-state index in [4.69, 9.17) is 14.6 Å². The van der Waals surface area contributed by atoms with Gasteiger partial charge < -0.3 is 24.4 Å². The van der Waals surface area contributed by atoms with Gasteiger partial charge in [0, 0.05) is 32.8 Å². The van der Waals surface area contributed by atoms with Crippen molar-refractivity contribution in [1.29, 1.82) is 0 Å². The van der Waals surface area contributed by atoms with Crippen molar-refractivity contribution in [2.24, 2.45) is 0 Å². The second-order valence-corrected chi connectivity index (χ2v) is 5.96. The normalized spacial score (nSPS) is 21.6. The summed E-state index contributed by atoms with van der Waals surface area (Å²) in [4.78, 5) is 25.1. The third-order valence-corrected chi connectivity index (χ3v) is 4.28. The van der Waals surface area contributed by atoms with Crippen molar-refractivity contribution in [1.82, 2.24) is 14.9 Å². The monoisotopic (exact) mass is 336 g/mol. The first kappa shape index (κ1) is 16.9. The fourth-order valence-corrected chi connectivity index (χ4v) is 3.05. The van der Waals surface area contributed by atoms with Gasteiger partial charge in [0.15, 0.2) is 5.82 Å². The number of anilines is 1. The molecule has 24 heavy (non-hydrogen) atoms. The Hall–Kier alpha value is -1.93. The van der Waals surface area contributed by atoms with Crippen molar-refractivity contribution in [3.63, 3.8) is 0 Å². The average molecular weight is 336 g/mol. The first-order chi connectivity index (χ1) is 11.8. The van der Waals surface area contributed by atoms with E-state index >= 15 is 0 Å². The van der Waals surface area contributed by atoms with Crippen molar-refractivity contribution in [2.75, 3.05) is 50.9 Å². The molecule has 132 valence electrons. The number of amides is 1. The quantitative estimate of drug-likeness (QED) is 0.814. The van der Waals surface area contributed by atoms with E-state index in [0.717, 1.165) is 38.2 Å². The van der Waals surface area contributed by atoms with E-state index in [9.17, 15) is 4.79 Å². The van der Waals surface area contributed by atoms with Gasteiger partial charge in [-0.05, 0) is 19.3 Å². The Labute approximate surface area is 141 Å². The highest BCUT2D eigenvalue weighted by Crippen LogP contribution is 2.19. The molecule has 0 spiro atoms. The van der Waals surface area contributed by atoms with Gasteiger partial charge in [-0.3, -0.25) is 9.78 Å². The van der Waals surface area contributed by atoms with Crippen LogP contribution in [-0.4, -0.2) is 78.0 Å². The van der Waals surface area contributed by atoms with E-state index in [1.807, 2.05) is 4.90 Å². The summed E-state index contributed by atoms with van der Waals surface area (Å²) in [5.41, 5.74) is 0. The third kappa shape index (κ3) is 4.12. The maximum Gasteiger partial charge on any atom is 0.251 e. The lowest BCUT2D eigenvalue weighted by Gasteiger charge is -2.24. The lowest BCUT2D eigenvalue weighted by atomic mass is 10.2. The number of ether oxygens (including phenoxy) is 2. The van der Waals surface area contributed by atoms with Crippen LogP contribution in [-0.2, 0) is 9.53 Å². The molecule has 0 bridgehead atoms. The standard InChI is InChI=1S/C16H24N4O4/c21-8-10-24-15-12-17-11-14(18-15)19-4-2-5-20(7-6-19)16(22)13-3-1-9-23-13/h11-13,21H,1-10H2. The summed E-state index contributed by atoms with van der Waals surface area (Å²) in [6.07, 6.45) is 5.64. The number of aliphatic hydroxyl groups is 1. The van der Waals surface area contributed by atoms with Gasteiger partial charge in [-0.15, -0.1) is 0 Å². The number of rotatable bonds is 5. The second kappa shape index (κ2) is 8.25. The van der Waals surface area contributed by atoms with Crippen LogP contribution >= 0.6 is 0 Å². The zero-order chi connectivity index (χ0) is 16.8. The SMILES string of the molecule is O=C(C1CCCO1)N1CCCN(c2cncc(OCCO)n2)CC1. The Morgan fingerprint density at radius 1 is 1.29 bits per heavy atom. The number of hydrogen-bond donors (Lipinski definition) is 1. The van der Waals surface area contributed by atoms with E-state index in [1.165, 1.54) is 6.20 Å². The molecule has 1 aromatic heterocycles. The van der Waals surface area contributed by atoms with Crippen LogP contribution in [0.1, 0.15) is 19.3 Å². The minimum Gasteiger partial charge on any atom is -0.474 e. The van der Waals surface area contributed by atoms with Gasteiger partial charge >= 0.3 is 0 Å². The molecule has 2 saturated heterocycles. The van der Waals surface area contributed by atoms with E-state index in [0.29, 0.717) is 25.6 Å². The number of carbonyl (C=O) groups is 1. The molecule has 0 radical (unpaired) electrons. The van der Waals surface area contributed by atoms with E-state index in [1.54, 1.807) is 6.20 Å². The van der Waals surface area contributed by atoms with Crippen LogP contribution in [0.2, 0.25) is 0 Å². The highest BCUT2D eigenvalue weighted by molar-refractivity contribution is 5.81. The first-order valence-corrected chi connectivity index (χ1v) is 8.49. The Kier molecular flexibility index (Phi) is 5.81. The predicted molar refractivity (Wildman–Crippen MR) is 87.0 cm³/mol. The molecule has 1 N–H and O–H groups in total. The summed E-state index contributed by atoms with van der Waals surface area (Å²) in [5, 5.41) is 8.82. The van der Waals surface area contributed by atoms with Gasteiger partial charge in [-0.25, -0.2) is 0 Å². The molecule has 8 nitrogen and oxygen atoms in total. The van der Waals surface area contributed by atoms with Crippen molar-refractivity contribution < 1.29 is 19.4 Å². The second-order valence-electron chi connectivity index (χ2n) is 5.96. The van der Waals surface area contributed by atoms with Gasteiger partial charge in [-0.1, -0.05) is 0 Å². The molecule has 1 atom stereocenters. The lowest BCUT2D eigenvalue weighted by molar-refractivity contribution is -0.140. The molecule has 0 aliphatic carbocycles. The highest BCUT2D eigenvalue weighted by atomic mass is 16.5. The highest BCUT2D eigenvalue weighted by Gasteiger charge is 2.29. The van der Waals surface area contributed by atoms with Crippen LogP contribution in [0.4, 0.5) is 5.82 Å². The first-order valence-electron chi connectivity index (χ1n) is 8.49. The summed E-state index contributed by atoms with van der Waals surface area (Å²) >= 11 is 0. The molecular weight excluding hydrogens is 312 g/mol. The largest absolute Gasteiger partial charge is 0.474 e. The fourth-order valence-electron chi connectivity index (χ4n) is 3.05. The number of aromatic nitrogens is 2. The van der Waals surface area contributed by atoms with Gasteiger partial charge in [0.2, 0.25) is 5.88 Å². The lowest BCUT2D eigenvalue weighted by Crippen LogP contribution is -2.41. The zero-order valence-corrected chi connectivity index (χ0v) is 13.8. The molecule has 0 saturated carbocycles. The summed E-state index contributed by atoms with van der Waals surface area (Å²) in [5.74, 6) is 1.25. The molecular formula is C16H24N4O4. The zero-order valence-electron chi connectivity index (χ0n) is 13.8. The molecule has 2 fully saturated rings. The van der Waals surface area contributed by atoms with Crippen molar-refractivity contribution >= 4 is 11.7 Å². The number of hydrogen-bond acceptors (Lipinski definition) is 7.